The third-order valence-electron chi connectivity index (χ3n) is 1.83. The number of ketones is 1. The minimum atomic E-state index is -0.0618. The lowest BCUT2D eigenvalue weighted by atomic mass is 10.1. The zero-order valence-electron chi connectivity index (χ0n) is 6.78. The number of carbonyl (C=O) groups excluding carboxylic acids is 1. The first-order valence-corrected chi connectivity index (χ1v) is 4.40. The van der Waals surface area contributed by atoms with Crippen molar-refractivity contribution in [1.82, 2.24) is 0 Å². The second-order valence-electron chi connectivity index (χ2n) is 2.64. The number of ether oxygens (including phenoxy) is 2. The quantitative estimate of drug-likeness (QED) is 0.675. The summed E-state index contributed by atoms with van der Waals surface area (Å²) >= 11 is 4.66. The molecule has 1 heterocycles. The maximum absolute atomic E-state index is 11.2. The molecule has 0 spiro atoms. The molecule has 0 amide bonds. The highest BCUT2D eigenvalue weighted by Crippen LogP contribution is 2.32. The van der Waals surface area contributed by atoms with Gasteiger partial charge in [-0.2, -0.15) is 0 Å². The summed E-state index contributed by atoms with van der Waals surface area (Å²) in [6.45, 7) is 0.223. The molecule has 4 heteroatoms. The Balaban J connectivity index is 2.36. The standard InChI is InChI=1S/C9H7O3S/c10-7(4-13)6-1-2-8-9(3-6)12-5-11-8/h1-3H,4-5H2. The van der Waals surface area contributed by atoms with E-state index in [2.05, 4.69) is 12.6 Å². The molecule has 1 aromatic rings. The number of carbonyl (C=O) groups is 1. The van der Waals surface area contributed by atoms with Gasteiger partial charge in [0.05, 0.1) is 5.75 Å². The fourth-order valence-electron chi connectivity index (χ4n) is 1.15. The van der Waals surface area contributed by atoms with Crippen LogP contribution in [0.1, 0.15) is 10.4 Å². The molecule has 1 aromatic carbocycles. The SMILES string of the molecule is O=C(C[S])c1ccc2c(c1)OCO2. The Morgan fingerprint density at radius 3 is 2.92 bits per heavy atom. The van der Waals surface area contributed by atoms with Gasteiger partial charge in [-0.15, -0.1) is 0 Å². The van der Waals surface area contributed by atoms with Gasteiger partial charge in [-0.3, -0.25) is 4.79 Å². The summed E-state index contributed by atoms with van der Waals surface area (Å²) in [5.74, 6) is 1.34. The first-order chi connectivity index (χ1) is 6.31. The number of fused-ring (bicyclic) bond motifs is 1. The second-order valence-corrected chi connectivity index (χ2v) is 2.92. The molecule has 0 aliphatic carbocycles. The molecule has 0 atom stereocenters. The van der Waals surface area contributed by atoms with Crippen LogP contribution in [0.3, 0.4) is 0 Å². The Hall–Kier alpha value is -1.16. The van der Waals surface area contributed by atoms with Gasteiger partial charge in [-0.1, -0.05) is 12.6 Å². The van der Waals surface area contributed by atoms with Gasteiger partial charge in [0.2, 0.25) is 6.79 Å². The Labute approximate surface area is 81.1 Å². The molecule has 1 aliphatic heterocycles. The summed E-state index contributed by atoms with van der Waals surface area (Å²) in [7, 11) is 0. The number of rotatable bonds is 2. The molecule has 13 heavy (non-hydrogen) atoms. The number of hydrogen-bond donors (Lipinski definition) is 0. The van der Waals surface area contributed by atoms with Crippen molar-refractivity contribution in [2.45, 2.75) is 0 Å². The van der Waals surface area contributed by atoms with Crippen molar-refractivity contribution in [3.63, 3.8) is 0 Å². The first-order valence-electron chi connectivity index (χ1n) is 3.82. The van der Waals surface area contributed by atoms with Crippen LogP contribution < -0.4 is 9.47 Å². The van der Waals surface area contributed by atoms with E-state index < -0.39 is 0 Å². The van der Waals surface area contributed by atoms with Crippen LogP contribution in [0.25, 0.3) is 0 Å². The zero-order chi connectivity index (χ0) is 9.26. The van der Waals surface area contributed by atoms with Gasteiger partial charge >= 0.3 is 0 Å². The third kappa shape index (κ3) is 1.49. The third-order valence-corrected chi connectivity index (χ3v) is 2.09. The van der Waals surface area contributed by atoms with Crippen LogP contribution in [-0.2, 0) is 0 Å². The van der Waals surface area contributed by atoms with Crippen molar-refractivity contribution >= 4 is 18.4 Å². The molecular formula is C9H7O3S. The van der Waals surface area contributed by atoms with E-state index in [1.165, 1.54) is 0 Å². The van der Waals surface area contributed by atoms with E-state index in [4.69, 9.17) is 9.47 Å². The lowest BCUT2D eigenvalue weighted by Crippen LogP contribution is -1.99. The van der Waals surface area contributed by atoms with Crippen LogP contribution in [-0.4, -0.2) is 18.3 Å². The minimum Gasteiger partial charge on any atom is -0.454 e. The Kier molecular flexibility index (Phi) is 2.14. The monoisotopic (exact) mass is 195 g/mol. The summed E-state index contributed by atoms with van der Waals surface area (Å²) in [5.41, 5.74) is 0.583. The van der Waals surface area contributed by atoms with E-state index in [1.807, 2.05) is 0 Å². The van der Waals surface area contributed by atoms with Crippen LogP contribution in [0.5, 0.6) is 11.5 Å². The van der Waals surface area contributed by atoms with Crippen molar-refractivity contribution in [2.75, 3.05) is 12.5 Å². The van der Waals surface area contributed by atoms with Gasteiger partial charge < -0.3 is 9.47 Å². The maximum Gasteiger partial charge on any atom is 0.231 e. The lowest BCUT2D eigenvalue weighted by molar-refractivity contribution is 0.102. The van der Waals surface area contributed by atoms with Gasteiger partial charge in [0, 0.05) is 5.56 Å². The van der Waals surface area contributed by atoms with Crippen molar-refractivity contribution in [1.29, 1.82) is 0 Å². The van der Waals surface area contributed by atoms with Gasteiger partial charge in [-0.05, 0) is 18.2 Å². The van der Waals surface area contributed by atoms with Crippen LogP contribution in [0.15, 0.2) is 18.2 Å². The van der Waals surface area contributed by atoms with E-state index >= 15 is 0 Å². The number of Topliss-reactive ketones (excluding diaryl/α,β-unsaturated/α-hetero) is 1. The molecule has 0 N–H and O–H groups in total. The van der Waals surface area contributed by atoms with Crippen molar-refractivity contribution in [3.05, 3.63) is 23.8 Å². The van der Waals surface area contributed by atoms with Crippen LogP contribution >= 0.6 is 12.6 Å². The fourth-order valence-corrected chi connectivity index (χ4v) is 1.32. The van der Waals surface area contributed by atoms with Crippen LogP contribution in [0.4, 0.5) is 0 Å². The Bertz CT molecular complexity index is 349. The van der Waals surface area contributed by atoms with Crippen molar-refractivity contribution in [3.8, 4) is 11.5 Å². The van der Waals surface area contributed by atoms with Crippen LogP contribution in [0.2, 0.25) is 0 Å². The van der Waals surface area contributed by atoms with Gasteiger partial charge in [0.25, 0.3) is 0 Å². The molecule has 2 rings (SSSR count). The molecule has 0 fully saturated rings. The molecule has 3 nitrogen and oxygen atoms in total. The van der Waals surface area contributed by atoms with Gasteiger partial charge in [0.15, 0.2) is 17.3 Å². The summed E-state index contributed by atoms with van der Waals surface area (Å²) in [4.78, 5) is 11.2. The highest BCUT2D eigenvalue weighted by Gasteiger charge is 2.15. The largest absolute Gasteiger partial charge is 0.454 e. The first kappa shape index (κ1) is 8.44. The summed E-state index contributed by atoms with van der Waals surface area (Å²) in [5, 5.41) is 0. The summed E-state index contributed by atoms with van der Waals surface area (Å²) in [6.07, 6.45) is 0. The molecule has 67 valence electrons. The molecule has 0 unspecified atom stereocenters. The molecule has 0 saturated carbocycles. The summed E-state index contributed by atoms with van der Waals surface area (Å²) < 4.78 is 10.2. The highest BCUT2D eigenvalue weighted by molar-refractivity contribution is 7.81. The minimum absolute atomic E-state index is 0.0618. The smallest absolute Gasteiger partial charge is 0.231 e. The normalized spacial score (nSPS) is 13.0. The number of hydrogen-bond acceptors (Lipinski definition) is 3. The Morgan fingerprint density at radius 2 is 2.15 bits per heavy atom. The van der Waals surface area contributed by atoms with Crippen molar-refractivity contribution in [2.24, 2.45) is 0 Å². The zero-order valence-corrected chi connectivity index (χ0v) is 7.60. The summed E-state index contributed by atoms with van der Waals surface area (Å²) in [6, 6.07) is 5.08. The van der Waals surface area contributed by atoms with E-state index in [0.717, 1.165) is 0 Å². The highest BCUT2D eigenvalue weighted by atomic mass is 32.1. The predicted molar refractivity (Wildman–Crippen MR) is 49.4 cm³/mol. The topological polar surface area (TPSA) is 35.5 Å². The average molecular weight is 195 g/mol. The molecule has 0 aromatic heterocycles. The van der Waals surface area contributed by atoms with E-state index in [-0.39, 0.29) is 18.3 Å². The average Bonchev–Trinajstić information content (AvgIpc) is 2.63. The molecular weight excluding hydrogens is 188 g/mol. The second kappa shape index (κ2) is 3.30. The van der Waals surface area contributed by atoms with E-state index in [1.54, 1.807) is 18.2 Å². The van der Waals surface area contributed by atoms with E-state index in [9.17, 15) is 4.79 Å². The van der Waals surface area contributed by atoms with Gasteiger partial charge in [0.1, 0.15) is 0 Å². The molecule has 1 aliphatic rings. The van der Waals surface area contributed by atoms with Crippen LogP contribution in [0, 0.1) is 0 Å². The molecule has 1 radical (unpaired) electrons. The predicted octanol–water partition coefficient (Wildman–Crippen LogP) is 1.80. The fraction of sp³-hybridized carbons (Fsp3) is 0.222. The Morgan fingerprint density at radius 1 is 1.38 bits per heavy atom. The van der Waals surface area contributed by atoms with E-state index in [0.29, 0.717) is 17.1 Å². The number of benzene rings is 1. The molecule has 0 saturated heterocycles. The van der Waals surface area contributed by atoms with Crippen molar-refractivity contribution < 1.29 is 14.3 Å². The lowest BCUT2D eigenvalue weighted by Gasteiger charge is -1.98. The van der Waals surface area contributed by atoms with Gasteiger partial charge in [-0.25, -0.2) is 0 Å². The maximum atomic E-state index is 11.2. The molecule has 0 bridgehead atoms.